The second-order valence-corrected chi connectivity index (χ2v) is 3.51. The molecule has 0 unspecified atom stereocenters. The van der Waals surface area contributed by atoms with E-state index in [-0.39, 0.29) is 16.3 Å². The average Bonchev–Trinajstić information content (AvgIpc) is 2.51. The molecule has 0 aliphatic carbocycles. The summed E-state index contributed by atoms with van der Waals surface area (Å²) in [6, 6.07) is 3.52. The number of hydrogen-bond donors (Lipinski definition) is 2. The topological polar surface area (TPSA) is 58.2 Å². The lowest BCUT2D eigenvalue weighted by Gasteiger charge is -2.00. The molecule has 4 nitrogen and oxygen atoms in total. The molecule has 1 fully saturated rings. The Labute approximate surface area is 95.1 Å². The van der Waals surface area contributed by atoms with Crippen LogP contribution in [0, 0.1) is 5.82 Å². The maximum Gasteiger partial charge on any atom is 0.326 e. The van der Waals surface area contributed by atoms with Crippen LogP contribution in [0.2, 0.25) is 5.02 Å². The lowest BCUT2D eigenvalue weighted by atomic mass is 10.2. The minimum atomic E-state index is -0.635. The molecule has 3 amide bonds. The van der Waals surface area contributed by atoms with Crippen LogP contribution in [0.3, 0.4) is 0 Å². The number of rotatable bonds is 1. The number of carbonyl (C=O) groups excluding carboxylic acids is 2. The smallest absolute Gasteiger partial charge is 0.303 e. The molecule has 1 aliphatic heterocycles. The lowest BCUT2D eigenvalue weighted by Crippen LogP contribution is -2.22. The van der Waals surface area contributed by atoms with Crippen LogP contribution < -0.4 is 10.6 Å². The Kier molecular flexibility index (Phi) is 2.62. The lowest BCUT2D eigenvalue weighted by molar-refractivity contribution is -0.115. The van der Waals surface area contributed by atoms with Gasteiger partial charge in [0.15, 0.2) is 0 Å². The molecule has 16 heavy (non-hydrogen) atoms. The molecular weight excluding hydrogens is 235 g/mol. The van der Waals surface area contributed by atoms with Gasteiger partial charge in [-0.2, -0.15) is 0 Å². The highest BCUT2D eigenvalue weighted by molar-refractivity contribution is 6.32. The van der Waals surface area contributed by atoms with Gasteiger partial charge in [0, 0.05) is 5.56 Å². The molecule has 82 valence electrons. The molecule has 0 spiro atoms. The van der Waals surface area contributed by atoms with E-state index < -0.39 is 17.8 Å². The fourth-order valence-corrected chi connectivity index (χ4v) is 1.49. The van der Waals surface area contributed by atoms with Crippen molar-refractivity contribution in [3.63, 3.8) is 0 Å². The van der Waals surface area contributed by atoms with Crippen LogP contribution in [0.4, 0.5) is 9.18 Å². The molecule has 0 saturated carbocycles. The minimum absolute atomic E-state index is 0.0306. The predicted octanol–water partition coefficient (Wildman–Crippen LogP) is 1.66. The zero-order chi connectivity index (χ0) is 11.7. The summed E-state index contributed by atoms with van der Waals surface area (Å²) in [5.74, 6) is -1.17. The number of hydrogen-bond acceptors (Lipinski definition) is 2. The zero-order valence-corrected chi connectivity index (χ0v) is 8.64. The van der Waals surface area contributed by atoms with E-state index in [0.717, 1.165) is 0 Å². The van der Waals surface area contributed by atoms with Crippen LogP contribution in [0.1, 0.15) is 5.56 Å². The molecule has 0 atom stereocenters. The Morgan fingerprint density at radius 1 is 1.25 bits per heavy atom. The number of carbonyl (C=O) groups is 2. The summed E-state index contributed by atoms with van der Waals surface area (Å²) in [6.07, 6.45) is 1.19. The third-order valence-corrected chi connectivity index (χ3v) is 2.34. The quantitative estimate of drug-likeness (QED) is 0.579. The van der Waals surface area contributed by atoms with Crippen LogP contribution in [0.5, 0.6) is 0 Å². The predicted molar refractivity (Wildman–Crippen MR) is 56.1 cm³/mol. The van der Waals surface area contributed by atoms with Gasteiger partial charge in [0.1, 0.15) is 11.5 Å². The van der Waals surface area contributed by atoms with E-state index in [9.17, 15) is 14.0 Å². The molecule has 0 bridgehead atoms. The summed E-state index contributed by atoms with van der Waals surface area (Å²) in [6.45, 7) is 0. The van der Waals surface area contributed by atoms with Gasteiger partial charge in [0.05, 0.1) is 5.02 Å². The van der Waals surface area contributed by atoms with Crippen LogP contribution in [-0.4, -0.2) is 11.9 Å². The van der Waals surface area contributed by atoms with Gasteiger partial charge in [-0.15, -0.1) is 0 Å². The Hall–Kier alpha value is -1.88. The van der Waals surface area contributed by atoms with Gasteiger partial charge in [0.25, 0.3) is 5.91 Å². The van der Waals surface area contributed by atoms with Crippen molar-refractivity contribution < 1.29 is 14.0 Å². The van der Waals surface area contributed by atoms with Crippen LogP contribution in [0.15, 0.2) is 23.9 Å². The highest BCUT2D eigenvalue weighted by Crippen LogP contribution is 2.21. The summed E-state index contributed by atoms with van der Waals surface area (Å²) in [4.78, 5) is 22.0. The summed E-state index contributed by atoms with van der Waals surface area (Å²) < 4.78 is 13.4. The molecule has 6 heteroatoms. The van der Waals surface area contributed by atoms with Crippen molar-refractivity contribution in [1.29, 1.82) is 0 Å². The first kappa shape index (κ1) is 10.6. The molecule has 2 N–H and O–H groups in total. The first-order valence-corrected chi connectivity index (χ1v) is 4.74. The molecule has 0 aromatic heterocycles. The Balaban J connectivity index is 2.44. The van der Waals surface area contributed by atoms with Crippen molar-refractivity contribution in [1.82, 2.24) is 10.6 Å². The van der Waals surface area contributed by atoms with Gasteiger partial charge >= 0.3 is 6.03 Å². The first-order chi connectivity index (χ1) is 7.58. The Morgan fingerprint density at radius 2 is 2.00 bits per heavy atom. The molecule has 2 rings (SSSR count). The zero-order valence-electron chi connectivity index (χ0n) is 7.88. The molecule has 1 saturated heterocycles. The number of halogens is 2. The number of nitrogens with one attached hydrogen (secondary N) is 2. The highest BCUT2D eigenvalue weighted by Gasteiger charge is 2.23. The summed E-state index contributed by atoms with van der Waals surface area (Å²) in [7, 11) is 0. The average molecular weight is 241 g/mol. The van der Waals surface area contributed by atoms with Crippen molar-refractivity contribution in [3.8, 4) is 0 Å². The van der Waals surface area contributed by atoms with E-state index in [2.05, 4.69) is 5.32 Å². The van der Waals surface area contributed by atoms with Crippen LogP contribution in [0.25, 0.3) is 6.08 Å². The second kappa shape index (κ2) is 3.94. The fourth-order valence-electron chi connectivity index (χ4n) is 1.28. The Morgan fingerprint density at radius 3 is 2.56 bits per heavy atom. The monoisotopic (exact) mass is 240 g/mol. The highest BCUT2D eigenvalue weighted by atomic mass is 35.5. The van der Waals surface area contributed by atoms with E-state index in [1.807, 2.05) is 5.32 Å². The minimum Gasteiger partial charge on any atom is -0.303 e. The Bertz CT molecular complexity index is 493. The van der Waals surface area contributed by atoms with Gasteiger partial charge in [0.2, 0.25) is 0 Å². The van der Waals surface area contributed by atoms with Crippen molar-refractivity contribution >= 4 is 29.6 Å². The maximum absolute atomic E-state index is 13.4. The maximum atomic E-state index is 13.4. The fraction of sp³-hybridized carbons (Fsp3) is 0. The van der Waals surface area contributed by atoms with Gasteiger partial charge in [-0.1, -0.05) is 17.7 Å². The van der Waals surface area contributed by atoms with E-state index in [4.69, 9.17) is 11.6 Å². The van der Waals surface area contributed by atoms with Crippen molar-refractivity contribution in [3.05, 3.63) is 40.3 Å². The van der Waals surface area contributed by atoms with Gasteiger partial charge in [-0.05, 0) is 18.2 Å². The van der Waals surface area contributed by atoms with Crippen LogP contribution >= 0.6 is 11.6 Å². The summed E-state index contributed by atoms with van der Waals surface area (Å²) >= 11 is 5.76. The van der Waals surface area contributed by atoms with E-state index in [0.29, 0.717) is 0 Å². The molecule has 1 aliphatic rings. The summed E-state index contributed by atoms with van der Waals surface area (Å²) in [5, 5.41) is 4.41. The third-order valence-electron chi connectivity index (χ3n) is 2.01. The standard InChI is InChI=1S/C10H6ClFN2O2/c11-6-2-1-3-7(12)5(6)4-8-9(15)14-10(16)13-8/h1-4H,(H2,13,14,15,16)/b8-4+. The van der Waals surface area contributed by atoms with Gasteiger partial charge in [-0.3, -0.25) is 10.1 Å². The van der Waals surface area contributed by atoms with Gasteiger partial charge in [-0.25, -0.2) is 9.18 Å². The molecule has 1 heterocycles. The number of benzene rings is 1. The van der Waals surface area contributed by atoms with Gasteiger partial charge < -0.3 is 5.32 Å². The first-order valence-electron chi connectivity index (χ1n) is 4.36. The SMILES string of the molecule is O=C1NC(=O)/C(=C\c2c(F)cccc2Cl)N1. The number of amides is 3. The molecule has 1 aromatic carbocycles. The van der Waals surface area contributed by atoms with Crippen molar-refractivity contribution in [2.75, 3.05) is 0 Å². The summed E-state index contributed by atoms with van der Waals surface area (Å²) in [5.41, 5.74) is 0.0357. The van der Waals surface area contributed by atoms with E-state index in [1.165, 1.54) is 24.3 Å². The van der Waals surface area contributed by atoms with Crippen molar-refractivity contribution in [2.24, 2.45) is 0 Å². The van der Waals surface area contributed by atoms with Crippen LogP contribution in [-0.2, 0) is 4.79 Å². The molecule has 0 radical (unpaired) electrons. The normalized spacial score (nSPS) is 17.5. The third kappa shape index (κ3) is 1.90. The second-order valence-electron chi connectivity index (χ2n) is 3.10. The van der Waals surface area contributed by atoms with E-state index >= 15 is 0 Å². The largest absolute Gasteiger partial charge is 0.326 e. The van der Waals surface area contributed by atoms with E-state index in [1.54, 1.807) is 0 Å². The van der Waals surface area contributed by atoms with Crippen molar-refractivity contribution in [2.45, 2.75) is 0 Å². The molecule has 1 aromatic rings. The number of imide groups is 1. The number of urea groups is 1. The molecular formula is C10H6ClFN2O2.